The Morgan fingerprint density at radius 2 is 1.54 bits per heavy atom. The van der Waals surface area contributed by atoms with E-state index >= 15 is 0 Å². The first kappa shape index (κ1) is 31.8. The van der Waals surface area contributed by atoms with E-state index in [9.17, 15) is 14.0 Å². The Morgan fingerprint density at radius 3 is 2.15 bits per heavy atom. The molecule has 0 saturated heterocycles. The zero-order valence-electron chi connectivity index (χ0n) is 26.2. The van der Waals surface area contributed by atoms with Crippen LogP contribution in [0.5, 0.6) is 17.2 Å². The normalized spacial score (nSPS) is 11.5. The highest BCUT2D eigenvalue weighted by atomic mass is 19.1. The molecule has 0 aliphatic rings. The Morgan fingerprint density at radius 1 is 0.891 bits per heavy atom. The first-order chi connectivity index (χ1) is 22.2. The number of rotatable bonds is 12. The number of amides is 2. The Labute approximate surface area is 266 Å². The van der Waals surface area contributed by atoms with Crippen LogP contribution >= 0.6 is 0 Å². The van der Waals surface area contributed by atoms with E-state index in [1.165, 1.54) is 43.0 Å². The van der Waals surface area contributed by atoms with Gasteiger partial charge in [-0.1, -0.05) is 29.5 Å². The van der Waals surface area contributed by atoms with Crippen molar-refractivity contribution in [3.05, 3.63) is 102 Å². The van der Waals surface area contributed by atoms with Crippen molar-refractivity contribution >= 4 is 34.2 Å². The van der Waals surface area contributed by atoms with Gasteiger partial charge in [0, 0.05) is 32.0 Å². The van der Waals surface area contributed by atoms with Crippen LogP contribution in [0.2, 0.25) is 0 Å². The summed E-state index contributed by atoms with van der Waals surface area (Å²) in [4.78, 5) is 32.1. The van der Waals surface area contributed by atoms with Crippen LogP contribution in [0.25, 0.3) is 11.0 Å². The topological polar surface area (TPSA) is 111 Å². The minimum absolute atomic E-state index is 0.0277. The molecule has 0 fully saturated rings. The molecule has 0 aliphatic heterocycles. The number of anilines is 2. The van der Waals surface area contributed by atoms with E-state index in [1.807, 2.05) is 49.3 Å². The largest absolute Gasteiger partial charge is 0.493 e. The van der Waals surface area contributed by atoms with Gasteiger partial charge in [-0.2, -0.15) is 0 Å². The van der Waals surface area contributed by atoms with E-state index < -0.39 is 23.7 Å². The highest BCUT2D eigenvalue weighted by Gasteiger charge is 2.34. The van der Waals surface area contributed by atoms with E-state index in [4.69, 9.17) is 14.2 Å². The number of nitrogens with zero attached hydrogens (tertiary/aromatic N) is 5. The summed E-state index contributed by atoms with van der Waals surface area (Å²) in [6, 6.07) is 22.4. The number of hydrogen-bond acceptors (Lipinski definition) is 8. The third-order valence-electron chi connectivity index (χ3n) is 7.51. The summed E-state index contributed by atoms with van der Waals surface area (Å²) >= 11 is 0. The van der Waals surface area contributed by atoms with Crippen molar-refractivity contribution in [1.82, 2.24) is 19.9 Å². The first-order valence-electron chi connectivity index (χ1n) is 14.4. The number of ether oxygens (including phenoxy) is 3. The quantitative estimate of drug-likeness (QED) is 0.204. The molecule has 4 aromatic carbocycles. The molecule has 0 spiro atoms. The predicted molar refractivity (Wildman–Crippen MR) is 173 cm³/mol. The number of para-hydroxylation sites is 1. The van der Waals surface area contributed by atoms with Crippen LogP contribution in [0.4, 0.5) is 15.8 Å². The number of aromatic nitrogens is 3. The molecule has 1 heterocycles. The summed E-state index contributed by atoms with van der Waals surface area (Å²) in [5.41, 5.74) is 3.78. The molecule has 1 atom stereocenters. The van der Waals surface area contributed by atoms with Gasteiger partial charge in [0.2, 0.25) is 11.7 Å². The van der Waals surface area contributed by atoms with Crippen LogP contribution in [-0.4, -0.2) is 67.1 Å². The van der Waals surface area contributed by atoms with Gasteiger partial charge in [-0.25, -0.2) is 9.07 Å². The molecule has 2 amide bonds. The average molecular weight is 627 g/mol. The van der Waals surface area contributed by atoms with Gasteiger partial charge >= 0.3 is 0 Å². The van der Waals surface area contributed by atoms with Crippen LogP contribution in [-0.2, 0) is 22.7 Å². The van der Waals surface area contributed by atoms with E-state index in [0.29, 0.717) is 45.1 Å². The maximum Gasteiger partial charge on any atom is 0.251 e. The fourth-order valence-electron chi connectivity index (χ4n) is 5.15. The molecular formula is C34H35FN6O5. The number of methoxy groups -OCH3 is 3. The van der Waals surface area contributed by atoms with Gasteiger partial charge in [0.1, 0.15) is 23.9 Å². The highest BCUT2D eigenvalue weighted by Crippen LogP contribution is 2.41. The second kappa shape index (κ2) is 14.0. The van der Waals surface area contributed by atoms with Gasteiger partial charge in [0.15, 0.2) is 11.5 Å². The molecule has 0 unspecified atom stereocenters. The minimum atomic E-state index is -1.20. The number of benzene rings is 4. The molecule has 1 N–H and O–H groups in total. The molecule has 1 aromatic heterocycles. The number of halogens is 1. The summed E-state index contributed by atoms with van der Waals surface area (Å²) in [6.45, 7) is -0.243. The van der Waals surface area contributed by atoms with Crippen LogP contribution in [0, 0.1) is 5.82 Å². The average Bonchev–Trinajstić information content (AvgIpc) is 3.47. The maximum atomic E-state index is 14.4. The molecule has 11 nitrogen and oxygen atoms in total. The van der Waals surface area contributed by atoms with Crippen LogP contribution in [0.15, 0.2) is 84.9 Å². The summed E-state index contributed by atoms with van der Waals surface area (Å²) in [5, 5.41) is 11.3. The van der Waals surface area contributed by atoms with E-state index in [-0.39, 0.29) is 13.1 Å². The number of hydrogen-bond donors (Lipinski definition) is 1. The summed E-state index contributed by atoms with van der Waals surface area (Å²) in [6.07, 6.45) is 0. The van der Waals surface area contributed by atoms with Crippen molar-refractivity contribution in [3.8, 4) is 17.2 Å². The lowest BCUT2D eigenvalue weighted by atomic mass is 10.0. The Hall–Kier alpha value is -5.65. The summed E-state index contributed by atoms with van der Waals surface area (Å²) in [7, 11) is 8.27. The predicted octanol–water partition coefficient (Wildman–Crippen LogP) is 5.07. The van der Waals surface area contributed by atoms with Crippen molar-refractivity contribution in [3.63, 3.8) is 0 Å². The van der Waals surface area contributed by atoms with Crippen molar-refractivity contribution in [2.75, 3.05) is 45.6 Å². The van der Waals surface area contributed by atoms with Gasteiger partial charge in [0.25, 0.3) is 5.91 Å². The maximum absolute atomic E-state index is 14.4. The van der Waals surface area contributed by atoms with Gasteiger partial charge in [-0.15, -0.1) is 5.10 Å². The SMILES string of the molecule is COc1cc([C@@H](C(=O)Nc2ccc(N(C)C)cc2)N(Cc2ccc(F)cc2)C(=O)Cn2nnc3ccccc32)cc(OC)c1OC. The number of fused-ring (bicyclic) bond motifs is 1. The number of nitrogens with one attached hydrogen (secondary N) is 1. The fraction of sp³-hybridized carbons (Fsp3) is 0.235. The lowest BCUT2D eigenvalue weighted by Gasteiger charge is -2.32. The molecule has 0 saturated carbocycles. The minimum Gasteiger partial charge on any atom is -0.493 e. The van der Waals surface area contributed by atoms with Crippen molar-refractivity contribution in [2.45, 2.75) is 19.1 Å². The van der Waals surface area contributed by atoms with Gasteiger partial charge in [-0.3, -0.25) is 9.59 Å². The lowest BCUT2D eigenvalue weighted by molar-refractivity contribution is -0.140. The smallest absolute Gasteiger partial charge is 0.251 e. The first-order valence-corrected chi connectivity index (χ1v) is 14.4. The van der Waals surface area contributed by atoms with E-state index in [0.717, 1.165) is 5.69 Å². The standard InChI is InChI=1S/C34H35FN6O5/c1-39(2)26-16-14-25(15-17-26)36-34(43)32(23-18-29(44-3)33(46-5)30(19-23)45-4)40(20-22-10-12-24(35)13-11-22)31(42)21-41-28-9-7-6-8-27(28)37-38-41/h6-19,32H,20-21H2,1-5H3,(H,36,43)/t32-/m0/s1. The molecule has 0 radical (unpaired) electrons. The molecule has 0 aliphatic carbocycles. The summed E-state index contributed by atoms with van der Waals surface area (Å²) < 4.78 is 32.1. The Balaban J connectivity index is 1.62. The third-order valence-corrected chi connectivity index (χ3v) is 7.51. The Kier molecular flexibility index (Phi) is 9.65. The van der Waals surface area contributed by atoms with Crippen LogP contribution in [0.3, 0.4) is 0 Å². The fourth-order valence-corrected chi connectivity index (χ4v) is 5.15. The Bertz CT molecular complexity index is 1800. The second-order valence-corrected chi connectivity index (χ2v) is 10.7. The molecule has 5 rings (SSSR count). The van der Waals surface area contributed by atoms with Crippen molar-refractivity contribution in [2.24, 2.45) is 0 Å². The van der Waals surface area contributed by atoms with E-state index in [2.05, 4.69) is 15.6 Å². The van der Waals surface area contributed by atoms with Crippen molar-refractivity contribution in [1.29, 1.82) is 0 Å². The third kappa shape index (κ3) is 6.85. The molecule has 5 aromatic rings. The lowest BCUT2D eigenvalue weighted by Crippen LogP contribution is -2.42. The van der Waals surface area contributed by atoms with E-state index in [1.54, 1.807) is 42.5 Å². The van der Waals surface area contributed by atoms with Gasteiger partial charge in [0.05, 0.1) is 26.8 Å². The van der Waals surface area contributed by atoms with Crippen molar-refractivity contribution < 1.29 is 28.2 Å². The van der Waals surface area contributed by atoms with Crippen LogP contribution in [0.1, 0.15) is 17.2 Å². The molecule has 12 heteroatoms. The number of carbonyl (C=O) groups is 2. The zero-order chi connectivity index (χ0) is 32.8. The zero-order valence-corrected chi connectivity index (χ0v) is 26.2. The number of carbonyl (C=O) groups excluding carboxylic acids is 2. The van der Waals surface area contributed by atoms with Gasteiger partial charge in [-0.05, 0) is 71.8 Å². The molecule has 238 valence electrons. The molecular weight excluding hydrogens is 591 g/mol. The monoisotopic (exact) mass is 626 g/mol. The van der Waals surface area contributed by atoms with Crippen LogP contribution < -0.4 is 24.4 Å². The second-order valence-electron chi connectivity index (χ2n) is 10.7. The molecule has 0 bridgehead atoms. The molecule has 46 heavy (non-hydrogen) atoms. The summed E-state index contributed by atoms with van der Waals surface area (Å²) in [5.74, 6) is -0.404. The van der Waals surface area contributed by atoms with Gasteiger partial charge < -0.3 is 29.3 Å². The highest BCUT2D eigenvalue weighted by molar-refractivity contribution is 5.98.